The Labute approximate surface area is 170 Å². The third-order valence-corrected chi connectivity index (χ3v) is 6.02. The zero-order chi connectivity index (χ0) is 19.2. The lowest BCUT2D eigenvalue weighted by Gasteiger charge is -2.07. The number of nitrogens with zero attached hydrogens (tertiary/aromatic N) is 5. The van der Waals surface area contributed by atoms with Gasteiger partial charge in [-0.1, -0.05) is 60.2 Å². The highest BCUT2D eigenvalue weighted by molar-refractivity contribution is 8.01. The number of halogens is 1. The molecule has 0 aliphatic carbocycles. The highest BCUT2D eigenvalue weighted by atomic mass is 35.5. The Morgan fingerprint density at radius 3 is 2.67 bits per heavy atom. The summed E-state index contributed by atoms with van der Waals surface area (Å²) in [5.74, 6) is 0.639. The van der Waals surface area contributed by atoms with Gasteiger partial charge in [0.1, 0.15) is 0 Å². The van der Waals surface area contributed by atoms with Crippen LogP contribution in [0.2, 0.25) is 5.02 Å². The summed E-state index contributed by atoms with van der Waals surface area (Å²) in [5, 5.41) is 20.3. The molecule has 0 unspecified atom stereocenters. The first-order valence-corrected chi connectivity index (χ1v) is 10.8. The molecule has 27 heavy (non-hydrogen) atoms. The summed E-state index contributed by atoms with van der Waals surface area (Å²) < 4.78 is 2.52. The Morgan fingerprint density at radius 2 is 1.96 bits per heavy atom. The molecule has 0 aliphatic rings. The molecule has 1 aromatic carbocycles. The van der Waals surface area contributed by atoms with Crippen molar-refractivity contribution < 1.29 is 4.79 Å². The molecular formula is C17H19ClN6OS2. The van der Waals surface area contributed by atoms with Crippen LogP contribution < -0.4 is 5.32 Å². The van der Waals surface area contributed by atoms with E-state index in [9.17, 15) is 4.79 Å². The van der Waals surface area contributed by atoms with Gasteiger partial charge >= 0.3 is 0 Å². The van der Waals surface area contributed by atoms with Gasteiger partial charge in [-0.2, -0.15) is 0 Å². The minimum absolute atomic E-state index is 0.296. The molecule has 3 rings (SSSR count). The van der Waals surface area contributed by atoms with E-state index in [1.165, 1.54) is 11.3 Å². The van der Waals surface area contributed by atoms with Crippen molar-refractivity contribution in [1.29, 1.82) is 0 Å². The standard InChI is InChI=1S/C17H19ClN6OS2/c1-3-5-13-14(20-23-24(13)12-8-6-11(18)7-9-12)15(25)19-16-21-22-17(27-16)26-10-4-2/h6-9H,3-5,10H2,1-2H3,(H,19,21,25). The molecule has 0 aliphatic heterocycles. The fourth-order valence-corrected chi connectivity index (χ4v) is 4.19. The summed E-state index contributed by atoms with van der Waals surface area (Å²) in [5.41, 5.74) is 1.86. The zero-order valence-corrected chi connectivity index (χ0v) is 17.4. The van der Waals surface area contributed by atoms with E-state index in [1.54, 1.807) is 28.6 Å². The predicted octanol–water partition coefficient (Wildman–Crippen LogP) is 4.48. The lowest BCUT2D eigenvalue weighted by molar-refractivity contribution is 0.102. The molecule has 0 spiro atoms. The topological polar surface area (TPSA) is 85.6 Å². The molecule has 0 atom stereocenters. The molecule has 10 heteroatoms. The molecule has 0 fully saturated rings. The number of benzene rings is 1. The molecule has 2 heterocycles. The summed E-state index contributed by atoms with van der Waals surface area (Å²) in [4.78, 5) is 12.7. The summed E-state index contributed by atoms with van der Waals surface area (Å²) >= 11 is 8.94. The minimum atomic E-state index is -0.332. The lowest BCUT2D eigenvalue weighted by atomic mass is 10.2. The molecule has 7 nitrogen and oxygen atoms in total. The van der Waals surface area contributed by atoms with Crippen LogP contribution in [0.15, 0.2) is 28.6 Å². The molecule has 0 radical (unpaired) electrons. The third kappa shape index (κ3) is 4.85. The van der Waals surface area contributed by atoms with Crippen LogP contribution >= 0.6 is 34.7 Å². The molecule has 1 N–H and O–H groups in total. The first-order valence-electron chi connectivity index (χ1n) is 8.60. The van der Waals surface area contributed by atoms with Gasteiger partial charge in [0.2, 0.25) is 5.13 Å². The van der Waals surface area contributed by atoms with Crippen LogP contribution in [0.4, 0.5) is 5.13 Å². The largest absolute Gasteiger partial charge is 0.295 e. The number of aromatic nitrogens is 5. The average Bonchev–Trinajstić information content (AvgIpc) is 3.28. The normalized spacial score (nSPS) is 10.9. The van der Waals surface area contributed by atoms with E-state index in [4.69, 9.17) is 11.6 Å². The van der Waals surface area contributed by atoms with Gasteiger partial charge in [-0.15, -0.1) is 15.3 Å². The van der Waals surface area contributed by atoms with Crippen molar-refractivity contribution in [3.8, 4) is 5.69 Å². The Hall–Kier alpha value is -1.97. The van der Waals surface area contributed by atoms with Crippen LogP contribution in [0.5, 0.6) is 0 Å². The van der Waals surface area contributed by atoms with Crippen molar-refractivity contribution in [3.63, 3.8) is 0 Å². The van der Waals surface area contributed by atoms with E-state index in [0.29, 0.717) is 22.3 Å². The van der Waals surface area contributed by atoms with Gasteiger partial charge in [0.15, 0.2) is 10.0 Å². The van der Waals surface area contributed by atoms with Gasteiger partial charge in [-0.3, -0.25) is 10.1 Å². The summed E-state index contributed by atoms with van der Waals surface area (Å²) in [6.45, 7) is 4.15. The second-order valence-corrected chi connectivity index (χ2v) is 8.45. The van der Waals surface area contributed by atoms with Gasteiger partial charge in [0.05, 0.1) is 11.4 Å². The predicted molar refractivity (Wildman–Crippen MR) is 109 cm³/mol. The number of rotatable bonds is 8. The number of anilines is 1. The van der Waals surface area contributed by atoms with E-state index in [-0.39, 0.29) is 5.91 Å². The van der Waals surface area contributed by atoms with Crippen LogP contribution in [0.3, 0.4) is 0 Å². The smallest absolute Gasteiger partial charge is 0.279 e. The van der Waals surface area contributed by atoms with Crippen LogP contribution in [-0.2, 0) is 6.42 Å². The van der Waals surface area contributed by atoms with Gasteiger partial charge < -0.3 is 0 Å². The first kappa shape index (κ1) is 19.8. The number of carbonyl (C=O) groups excluding carboxylic acids is 1. The Balaban J connectivity index is 1.82. The Kier molecular flexibility index (Phi) is 6.81. The average molecular weight is 423 g/mol. The monoisotopic (exact) mass is 422 g/mol. The fourth-order valence-electron chi connectivity index (χ4n) is 2.39. The van der Waals surface area contributed by atoms with Crippen molar-refractivity contribution in [2.75, 3.05) is 11.1 Å². The molecule has 0 saturated carbocycles. The quantitative estimate of drug-likeness (QED) is 0.425. The summed E-state index contributed by atoms with van der Waals surface area (Å²) in [7, 11) is 0. The summed E-state index contributed by atoms with van der Waals surface area (Å²) in [6.07, 6.45) is 2.59. The van der Waals surface area contributed by atoms with Gasteiger partial charge in [-0.05, 0) is 37.1 Å². The molecular weight excluding hydrogens is 404 g/mol. The van der Waals surface area contributed by atoms with Gasteiger partial charge in [-0.25, -0.2) is 4.68 Å². The zero-order valence-electron chi connectivity index (χ0n) is 15.0. The molecule has 0 bridgehead atoms. The van der Waals surface area contributed by atoms with Crippen LogP contribution in [0.1, 0.15) is 42.9 Å². The van der Waals surface area contributed by atoms with Crippen molar-refractivity contribution in [3.05, 3.63) is 40.7 Å². The minimum Gasteiger partial charge on any atom is -0.295 e. The van der Waals surface area contributed by atoms with Gasteiger partial charge in [0.25, 0.3) is 5.91 Å². The maximum atomic E-state index is 12.7. The first-order chi connectivity index (χ1) is 13.1. The number of thioether (sulfide) groups is 1. The Morgan fingerprint density at radius 1 is 1.19 bits per heavy atom. The number of hydrogen-bond donors (Lipinski definition) is 1. The van der Waals surface area contributed by atoms with E-state index >= 15 is 0 Å². The van der Waals surface area contributed by atoms with Crippen LogP contribution in [0, 0.1) is 0 Å². The molecule has 2 aromatic heterocycles. The molecule has 3 aromatic rings. The number of carbonyl (C=O) groups is 1. The number of hydrogen-bond acceptors (Lipinski definition) is 7. The van der Waals surface area contributed by atoms with Crippen molar-refractivity contribution >= 4 is 45.7 Å². The van der Waals surface area contributed by atoms with E-state index < -0.39 is 0 Å². The summed E-state index contributed by atoms with van der Waals surface area (Å²) in [6, 6.07) is 7.26. The maximum absolute atomic E-state index is 12.7. The SMILES string of the molecule is CCCSc1nnc(NC(=O)c2nnn(-c3ccc(Cl)cc3)c2CCC)s1. The second-order valence-electron chi connectivity index (χ2n) is 5.70. The van der Waals surface area contributed by atoms with Crippen molar-refractivity contribution in [1.82, 2.24) is 25.2 Å². The van der Waals surface area contributed by atoms with Crippen LogP contribution in [-0.4, -0.2) is 36.9 Å². The van der Waals surface area contributed by atoms with Gasteiger partial charge in [0, 0.05) is 10.8 Å². The molecule has 0 saturated heterocycles. The van der Waals surface area contributed by atoms with Crippen molar-refractivity contribution in [2.24, 2.45) is 0 Å². The van der Waals surface area contributed by atoms with E-state index in [1.807, 2.05) is 19.1 Å². The second kappa shape index (κ2) is 9.29. The van der Waals surface area contributed by atoms with Crippen LogP contribution in [0.25, 0.3) is 5.69 Å². The highest BCUT2D eigenvalue weighted by Crippen LogP contribution is 2.26. The molecule has 142 valence electrons. The molecule has 1 amide bonds. The highest BCUT2D eigenvalue weighted by Gasteiger charge is 2.21. The Bertz CT molecular complexity index is 909. The van der Waals surface area contributed by atoms with Crippen molar-refractivity contribution in [2.45, 2.75) is 37.4 Å². The number of amides is 1. The van der Waals surface area contributed by atoms with E-state index in [2.05, 4.69) is 32.7 Å². The number of nitrogens with one attached hydrogen (secondary N) is 1. The van der Waals surface area contributed by atoms with E-state index in [0.717, 1.165) is 34.3 Å². The fraction of sp³-hybridized carbons (Fsp3) is 0.353. The third-order valence-electron chi connectivity index (χ3n) is 3.59. The maximum Gasteiger partial charge on any atom is 0.279 e. The lowest BCUT2D eigenvalue weighted by Crippen LogP contribution is -2.15.